The van der Waals surface area contributed by atoms with Gasteiger partial charge < -0.3 is 4.74 Å². The topological polar surface area (TPSA) is 50.1 Å². The van der Waals surface area contributed by atoms with Crippen LogP contribution in [0.15, 0.2) is 12.1 Å². The highest BCUT2D eigenvalue weighted by Gasteiger charge is 2.07. The van der Waals surface area contributed by atoms with Gasteiger partial charge in [-0.1, -0.05) is 11.8 Å². The van der Waals surface area contributed by atoms with Crippen LogP contribution in [0.1, 0.15) is 21.0 Å². The second-order valence-corrected chi connectivity index (χ2v) is 3.38. The van der Waals surface area contributed by atoms with Gasteiger partial charge in [0.25, 0.3) is 0 Å². The maximum Gasteiger partial charge on any atom is 0.348 e. The van der Waals surface area contributed by atoms with Crippen molar-refractivity contribution in [3.8, 4) is 17.9 Å². The molecule has 1 rings (SSSR count). The average molecular weight is 205 g/mol. The van der Waals surface area contributed by atoms with E-state index in [4.69, 9.17) is 5.26 Å². The van der Waals surface area contributed by atoms with E-state index in [0.29, 0.717) is 4.88 Å². The average Bonchev–Trinajstić information content (AvgIpc) is 2.66. The first kappa shape index (κ1) is 10.3. The third kappa shape index (κ3) is 2.62. The molecule has 3 nitrogen and oxygen atoms in total. The van der Waals surface area contributed by atoms with Crippen molar-refractivity contribution in [1.29, 1.82) is 5.26 Å². The minimum atomic E-state index is -0.358. The van der Waals surface area contributed by atoms with Gasteiger partial charge in [0.15, 0.2) is 0 Å². The zero-order chi connectivity index (χ0) is 10.4. The van der Waals surface area contributed by atoms with Crippen LogP contribution in [0.5, 0.6) is 0 Å². The second kappa shape index (κ2) is 5.06. The molecule has 0 saturated carbocycles. The summed E-state index contributed by atoms with van der Waals surface area (Å²) in [6.45, 7) is 0. The minimum Gasteiger partial charge on any atom is -0.465 e. The molecule has 4 heteroatoms. The van der Waals surface area contributed by atoms with E-state index in [1.165, 1.54) is 18.4 Å². The number of methoxy groups -OCH3 is 1. The maximum absolute atomic E-state index is 11.0. The number of thiophene rings is 1. The zero-order valence-corrected chi connectivity index (χ0v) is 8.35. The van der Waals surface area contributed by atoms with Crippen LogP contribution >= 0.6 is 11.3 Å². The van der Waals surface area contributed by atoms with Gasteiger partial charge in [0.1, 0.15) is 4.88 Å². The van der Waals surface area contributed by atoms with Gasteiger partial charge >= 0.3 is 5.97 Å². The molecule has 0 spiro atoms. The van der Waals surface area contributed by atoms with Crippen LogP contribution in [0.3, 0.4) is 0 Å². The lowest BCUT2D eigenvalue weighted by Crippen LogP contribution is -1.96. The molecule has 0 aliphatic heterocycles. The van der Waals surface area contributed by atoms with Gasteiger partial charge in [0.2, 0.25) is 0 Å². The highest BCUT2D eigenvalue weighted by atomic mass is 32.1. The number of carbonyl (C=O) groups excluding carboxylic acids is 1. The summed E-state index contributed by atoms with van der Waals surface area (Å²) in [6.07, 6.45) is 0.200. The summed E-state index contributed by atoms with van der Waals surface area (Å²) in [5.41, 5.74) is 0. The molecule has 0 radical (unpaired) electrons. The molecule has 1 heterocycles. The van der Waals surface area contributed by atoms with Crippen molar-refractivity contribution >= 4 is 17.3 Å². The first-order valence-electron chi connectivity index (χ1n) is 3.82. The van der Waals surface area contributed by atoms with Gasteiger partial charge in [-0.3, -0.25) is 0 Å². The molecule has 70 valence electrons. The summed E-state index contributed by atoms with van der Waals surface area (Å²) >= 11 is 1.26. The van der Waals surface area contributed by atoms with E-state index in [0.717, 1.165) is 4.88 Å². The van der Waals surface area contributed by atoms with Crippen molar-refractivity contribution in [3.05, 3.63) is 21.9 Å². The lowest BCUT2D eigenvalue weighted by Gasteiger charge is -1.90. The summed E-state index contributed by atoms with van der Waals surface area (Å²) in [5.74, 6) is 5.09. The van der Waals surface area contributed by atoms with Gasteiger partial charge in [-0.25, -0.2) is 4.79 Å². The van der Waals surface area contributed by atoms with Gasteiger partial charge in [-0.2, -0.15) is 5.26 Å². The Morgan fingerprint density at radius 2 is 2.43 bits per heavy atom. The number of esters is 1. The Morgan fingerprint density at radius 3 is 3.07 bits per heavy atom. The fourth-order valence-corrected chi connectivity index (χ4v) is 1.59. The normalized spacial score (nSPS) is 8.29. The monoisotopic (exact) mass is 205 g/mol. The predicted octanol–water partition coefficient (Wildman–Crippen LogP) is 1.80. The Hall–Kier alpha value is -1.78. The van der Waals surface area contributed by atoms with Crippen LogP contribution < -0.4 is 0 Å². The molecule has 0 aromatic carbocycles. The number of rotatable bonds is 1. The van der Waals surface area contributed by atoms with Crippen LogP contribution in [-0.4, -0.2) is 13.1 Å². The molecule has 0 N–H and O–H groups in total. The number of ether oxygens (including phenoxy) is 1. The van der Waals surface area contributed by atoms with Crippen LogP contribution in [0.25, 0.3) is 0 Å². The molecule has 1 aromatic heterocycles. The maximum atomic E-state index is 11.0. The van der Waals surface area contributed by atoms with Crippen LogP contribution in [0.4, 0.5) is 0 Å². The lowest BCUT2D eigenvalue weighted by molar-refractivity contribution is 0.0606. The molecule has 0 bridgehead atoms. The largest absolute Gasteiger partial charge is 0.465 e. The standard InChI is InChI=1S/C10H7NO2S/c1-13-10(12)9-6-5-8(14-9)4-2-3-7-11/h5-6H,3H2,1H3. The highest BCUT2D eigenvalue weighted by molar-refractivity contribution is 7.14. The van der Waals surface area contributed by atoms with Crippen LogP contribution in [-0.2, 0) is 4.74 Å². The van der Waals surface area contributed by atoms with E-state index in [2.05, 4.69) is 16.6 Å². The molecule has 0 unspecified atom stereocenters. The summed E-state index contributed by atoms with van der Waals surface area (Å²) in [6, 6.07) is 5.32. The summed E-state index contributed by atoms with van der Waals surface area (Å²) in [4.78, 5) is 12.3. The van der Waals surface area contributed by atoms with Crippen molar-refractivity contribution in [2.45, 2.75) is 6.42 Å². The predicted molar refractivity (Wildman–Crippen MR) is 52.8 cm³/mol. The Morgan fingerprint density at radius 1 is 1.64 bits per heavy atom. The Labute approximate surface area is 85.9 Å². The second-order valence-electron chi connectivity index (χ2n) is 2.29. The van der Waals surface area contributed by atoms with E-state index in [1.54, 1.807) is 12.1 Å². The molecule has 0 aliphatic carbocycles. The summed E-state index contributed by atoms with van der Waals surface area (Å²) in [5, 5.41) is 8.25. The van der Waals surface area contributed by atoms with Crippen LogP contribution in [0, 0.1) is 23.2 Å². The highest BCUT2D eigenvalue weighted by Crippen LogP contribution is 2.15. The van der Waals surface area contributed by atoms with E-state index >= 15 is 0 Å². The van der Waals surface area contributed by atoms with Crippen molar-refractivity contribution in [1.82, 2.24) is 0 Å². The van der Waals surface area contributed by atoms with Crippen molar-refractivity contribution in [2.75, 3.05) is 7.11 Å². The first-order chi connectivity index (χ1) is 6.77. The molecular formula is C10H7NO2S. The molecular weight excluding hydrogens is 198 g/mol. The zero-order valence-electron chi connectivity index (χ0n) is 7.53. The minimum absolute atomic E-state index is 0.200. The lowest BCUT2D eigenvalue weighted by atomic mass is 10.4. The molecule has 0 aliphatic rings. The fourth-order valence-electron chi connectivity index (χ4n) is 0.786. The number of hydrogen-bond acceptors (Lipinski definition) is 4. The smallest absolute Gasteiger partial charge is 0.348 e. The van der Waals surface area contributed by atoms with Gasteiger partial charge in [0, 0.05) is 0 Å². The van der Waals surface area contributed by atoms with E-state index in [1.807, 2.05) is 6.07 Å². The van der Waals surface area contributed by atoms with Gasteiger partial charge in [-0.15, -0.1) is 11.3 Å². The molecule has 0 fully saturated rings. The SMILES string of the molecule is COC(=O)c1ccc(C#CCC#N)s1. The first-order valence-corrected chi connectivity index (χ1v) is 4.63. The van der Waals surface area contributed by atoms with E-state index in [9.17, 15) is 4.79 Å². The number of carbonyl (C=O) groups is 1. The molecule has 0 saturated heterocycles. The van der Waals surface area contributed by atoms with Crippen molar-refractivity contribution in [3.63, 3.8) is 0 Å². The molecule has 1 aromatic rings. The summed E-state index contributed by atoms with van der Waals surface area (Å²) in [7, 11) is 1.34. The van der Waals surface area contributed by atoms with Gasteiger partial charge in [-0.05, 0) is 12.1 Å². The van der Waals surface area contributed by atoms with Crippen LogP contribution in [0.2, 0.25) is 0 Å². The number of hydrogen-bond donors (Lipinski definition) is 0. The number of nitriles is 1. The Bertz CT molecular complexity index is 431. The number of nitrogens with zero attached hydrogens (tertiary/aromatic N) is 1. The van der Waals surface area contributed by atoms with E-state index in [-0.39, 0.29) is 12.4 Å². The van der Waals surface area contributed by atoms with E-state index < -0.39 is 0 Å². The quantitative estimate of drug-likeness (QED) is 0.519. The molecule has 0 atom stereocenters. The molecule has 0 amide bonds. The van der Waals surface area contributed by atoms with Gasteiger partial charge in [0.05, 0.1) is 24.5 Å². The Balaban J connectivity index is 2.76. The van der Waals surface area contributed by atoms with Crippen molar-refractivity contribution in [2.24, 2.45) is 0 Å². The Kier molecular flexibility index (Phi) is 3.72. The summed E-state index contributed by atoms with van der Waals surface area (Å²) < 4.78 is 4.55. The fraction of sp³-hybridized carbons (Fsp3) is 0.200. The van der Waals surface area contributed by atoms with Crippen molar-refractivity contribution < 1.29 is 9.53 Å². The third-order valence-corrected chi connectivity index (χ3v) is 2.35. The molecule has 14 heavy (non-hydrogen) atoms. The third-order valence-electron chi connectivity index (χ3n) is 1.37.